The molecule has 2 aliphatic carbocycles. The van der Waals surface area contributed by atoms with Crippen molar-refractivity contribution in [3.8, 4) is 0 Å². The molecule has 164 valence electrons. The average Bonchev–Trinajstić information content (AvgIpc) is 3.41. The molecular weight excluding hydrogens is 370 g/mol. The van der Waals surface area contributed by atoms with Gasteiger partial charge in [-0.15, -0.1) is 0 Å². The van der Waals surface area contributed by atoms with Crippen LogP contribution in [-0.2, 0) is 6.42 Å². The lowest BCUT2D eigenvalue weighted by atomic mass is 9.88. The zero-order valence-corrected chi connectivity index (χ0v) is 18.5. The molecule has 1 aromatic rings. The van der Waals surface area contributed by atoms with Crippen LogP contribution in [0.4, 0.5) is 0 Å². The molecule has 0 aromatic heterocycles. The topological polar surface area (TPSA) is 43.7 Å². The number of aryl methyl sites for hydroxylation is 1. The minimum absolute atomic E-state index is 0.181. The molecule has 3 nitrogen and oxygen atoms in total. The maximum atomic E-state index is 10.6. The Morgan fingerprint density at radius 1 is 1.20 bits per heavy atom. The highest BCUT2D eigenvalue weighted by Crippen LogP contribution is 2.48. The Hall–Kier alpha value is -1.42. The molecule has 0 unspecified atom stereocenters. The van der Waals surface area contributed by atoms with E-state index in [1.807, 2.05) is 12.1 Å². The molecule has 0 spiro atoms. The van der Waals surface area contributed by atoms with Crippen molar-refractivity contribution in [1.29, 1.82) is 0 Å². The quantitative estimate of drug-likeness (QED) is 0.460. The minimum atomic E-state index is -0.488. The second kappa shape index (κ2) is 10.3. The molecule has 1 saturated heterocycles. The second-order valence-corrected chi connectivity index (χ2v) is 9.89. The SMILES string of the molecule is Cc1cccc(C[C@H](O)/C=C/[C@@H]2[C@H]3CC(CCCCN4CCCC4)=C[C@H]3C[C@H]2O)c1. The fourth-order valence-electron chi connectivity index (χ4n) is 5.89. The summed E-state index contributed by atoms with van der Waals surface area (Å²) in [5.41, 5.74) is 4.00. The summed E-state index contributed by atoms with van der Waals surface area (Å²) in [6, 6.07) is 8.33. The van der Waals surface area contributed by atoms with Gasteiger partial charge in [0.25, 0.3) is 0 Å². The summed E-state index contributed by atoms with van der Waals surface area (Å²) >= 11 is 0. The number of hydrogen-bond acceptors (Lipinski definition) is 3. The van der Waals surface area contributed by atoms with Crippen LogP contribution < -0.4 is 0 Å². The summed E-state index contributed by atoms with van der Waals surface area (Å²) in [5.74, 6) is 1.23. The van der Waals surface area contributed by atoms with E-state index in [1.165, 1.54) is 57.3 Å². The van der Waals surface area contributed by atoms with Crippen LogP contribution in [0, 0.1) is 24.7 Å². The van der Waals surface area contributed by atoms with Gasteiger partial charge in [-0.2, -0.15) is 0 Å². The van der Waals surface area contributed by atoms with Crippen molar-refractivity contribution in [2.75, 3.05) is 19.6 Å². The number of allylic oxidation sites excluding steroid dienone is 2. The van der Waals surface area contributed by atoms with Crippen molar-refractivity contribution in [1.82, 2.24) is 4.90 Å². The summed E-state index contributed by atoms with van der Waals surface area (Å²) in [6.45, 7) is 5.95. The van der Waals surface area contributed by atoms with Crippen LogP contribution in [0.15, 0.2) is 48.1 Å². The van der Waals surface area contributed by atoms with Gasteiger partial charge in [0.1, 0.15) is 0 Å². The summed E-state index contributed by atoms with van der Waals surface area (Å²) in [4.78, 5) is 2.61. The van der Waals surface area contributed by atoms with E-state index in [1.54, 1.807) is 5.57 Å². The number of unbranched alkanes of at least 4 members (excludes halogenated alkanes) is 1. The Morgan fingerprint density at radius 2 is 2.03 bits per heavy atom. The first kappa shape index (κ1) is 21.8. The predicted octanol–water partition coefficient (Wildman–Crippen LogP) is 4.66. The first-order chi connectivity index (χ1) is 14.6. The van der Waals surface area contributed by atoms with E-state index in [0.29, 0.717) is 18.3 Å². The maximum absolute atomic E-state index is 10.6. The monoisotopic (exact) mass is 409 g/mol. The normalized spacial score (nSPS) is 30.2. The second-order valence-electron chi connectivity index (χ2n) is 9.89. The van der Waals surface area contributed by atoms with Crippen LogP contribution in [0.25, 0.3) is 0 Å². The standard InChI is InChI=1S/C27H39NO2/c1-20-7-6-9-21(15-20)17-24(29)10-11-25-26-18-22(16-23(26)19-27(25)30)8-2-3-12-28-13-4-5-14-28/h6-7,9-11,15-16,23-27,29-30H,2-5,8,12-14,17-19H2,1H3/b11-10+/t23-,24+,25+,26-,27+/m0/s1. The molecule has 0 amide bonds. The average molecular weight is 410 g/mol. The third-order valence-corrected chi connectivity index (χ3v) is 7.45. The summed E-state index contributed by atoms with van der Waals surface area (Å²) in [6.07, 6.45) is 15.0. The van der Waals surface area contributed by atoms with Crippen molar-refractivity contribution in [2.45, 2.75) is 70.5 Å². The van der Waals surface area contributed by atoms with E-state index >= 15 is 0 Å². The minimum Gasteiger partial charge on any atom is -0.392 e. The Kier molecular flexibility index (Phi) is 7.45. The predicted molar refractivity (Wildman–Crippen MR) is 123 cm³/mol. The molecule has 5 atom stereocenters. The molecule has 0 radical (unpaired) electrons. The third-order valence-electron chi connectivity index (χ3n) is 7.45. The zero-order valence-electron chi connectivity index (χ0n) is 18.5. The molecule has 1 heterocycles. The lowest BCUT2D eigenvalue weighted by Gasteiger charge is -2.19. The van der Waals surface area contributed by atoms with E-state index in [0.717, 1.165) is 18.4 Å². The molecule has 1 aliphatic heterocycles. The van der Waals surface area contributed by atoms with Crippen LogP contribution in [0.1, 0.15) is 56.1 Å². The first-order valence-corrected chi connectivity index (χ1v) is 12.1. The van der Waals surface area contributed by atoms with Crippen molar-refractivity contribution in [3.05, 3.63) is 59.2 Å². The van der Waals surface area contributed by atoms with Gasteiger partial charge in [-0.1, -0.05) is 53.6 Å². The fourth-order valence-corrected chi connectivity index (χ4v) is 5.89. The molecule has 3 heteroatoms. The summed E-state index contributed by atoms with van der Waals surface area (Å²) in [7, 11) is 0. The van der Waals surface area contributed by atoms with Gasteiger partial charge in [0.15, 0.2) is 0 Å². The molecular formula is C27H39NO2. The van der Waals surface area contributed by atoms with Gasteiger partial charge in [-0.05, 0) is 88.9 Å². The van der Waals surface area contributed by atoms with E-state index in [9.17, 15) is 10.2 Å². The van der Waals surface area contributed by atoms with Crippen molar-refractivity contribution < 1.29 is 10.2 Å². The number of rotatable bonds is 9. The highest BCUT2D eigenvalue weighted by Gasteiger charge is 2.43. The molecule has 2 N–H and O–H groups in total. The fraction of sp³-hybridized carbons (Fsp3) is 0.630. The Morgan fingerprint density at radius 3 is 2.83 bits per heavy atom. The number of aliphatic hydroxyl groups excluding tert-OH is 2. The van der Waals surface area contributed by atoms with Crippen LogP contribution >= 0.6 is 0 Å². The largest absolute Gasteiger partial charge is 0.392 e. The first-order valence-electron chi connectivity index (χ1n) is 12.1. The molecule has 2 fully saturated rings. The van der Waals surface area contributed by atoms with E-state index < -0.39 is 6.10 Å². The lowest BCUT2D eigenvalue weighted by Crippen LogP contribution is -2.20. The molecule has 4 rings (SSSR count). The van der Waals surface area contributed by atoms with Gasteiger partial charge in [-0.3, -0.25) is 0 Å². The van der Waals surface area contributed by atoms with E-state index in [-0.39, 0.29) is 12.0 Å². The Balaban J connectivity index is 1.24. The maximum Gasteiger partial charge on any atom is 0.0761 e. The van der Waals surface area contributed by atoms with Gasteiger partial charge in [0, 0.05) is 12.3 Å². The highest BCUT2D eigenvalue weighted by atomic mass is 16.3. The zero-order chi connectivity index (χ0) is 20.9. The number of nitrogens with zero attached hydrogens (tertiary/aromatic N) is 1. The van der Waals surface area contributed by atoms with E-state index in [4.69, 9.17) is 0 Å². The molecule has 1 aromatic carbocycles. The Bertz CT molecular complexity index is 749. The van der Waals surface area contributed by atoms with Crippen LogP contribution in [0.3, 0.4) is 0 Å². The third kappa shape index (κ3) is 5.63. The molecule has 0 bridgehead atoms. The van der Waals surface area contributed by atoms with Gasteiger partial charge in [-0.25, -0.2) is 0 Å². The van der Waals surface area contributed by atoms with Gasteiger partial charge >= 0.3 is 0 Å². The van der Waals surface area contributed by atoms with Crippen molar-refractivity contribution in [3.63, 3.8) is 0 Å². The summed E-state index contributed by atoms with van der Waals surface area (Å²) in [5, 5.41) is 21.1. The number of benzene rings is 1. The molecule has 3 aliphatic rings. The molecule has 1 saturated carbocycles. The van der Waals surface area contributed by atoms with Gasteiger partial charge in [0.05, 0.1) is 12.2 Å². The number of fused-ring (bicyclic) bond motifs is 1. The highest BCUT2D eigenvalue weighted by molar-refractivity contribution is 5.24. The van der Waals surface area contributed by atoms with Crippen LogP contribution in [0.5, 0.6) is 0 Å². The lowest BCUT2D eigenvalue weighted by molar-refractivity contribution is 0.140. The number of aliphatic hydroxyl groups is 2. The number of hydrogen-bond donors (Lipinski definition) is 2. The van der Waals surface area contributed by atoms with Crippen molar-refractivity contribution in [2.24, 2.45) is 17.8 Å². The van der Waals surface area contributed by atoms with Crippen LogP contribution in [-0.4, -0.2) is 47.0 Å². The van der Waals surface area contributed by atoms with Gasteiger partial charge in [0.2, 0.25) is 0 Å². The summed E-state index contributed by atoms with van der Waals surface area (Å²) < 4.78 is 0. The Labute approximate surface area is 182 Å². The van der Waals surface area contributed by atoms with Crippen LogP contribution in [0.2, 0.25) is 0 Å². The van der Waals surface area contributed by atoms with E-state index in [2.05, 4.69) is 42.2 Å². The van der Waals surface area contributed by atoms with Gasteiger partial charge < -0.3 is 15.1 Å². The smallest absolute Gasteiger partial charge is 0.0761 e. The number of likely N-dealkylation sites (tertiary alicyclic amines) is 1. The van der Waals surface area contributed by atoms with Crippen molar-refractivity contribution >= 4 is 0 Å². The molecule has 30 heavy (non-hydrogen) atoms.